The Balaban J connectivity index is 1.55. The van der Waals surface area contributed by atoms with Gasteiger partial charge in [0.25, 0.3) is 0 Å². The van der Waals surface area contributed by atoms with Crippen molar-refractivity contribution < 1.29 is 9.21 Å². The Labute approximate surface area is 177 Å². The van der Waals surface area contributed by atoms with Gasteiger partial charge in [-0.15, -0.1) is 0 Å². The molecule has 0 aliphatic rings. The number of imidazole rings is 1. The Kier molecular flexibility index (Phi) is 9.80. The summed E-state index contributed by atoms with van der Waals surface area (Å²) in [4.78, 5) is 18.5. The average molecular weight is 426 g/mol. The first-order valence-electron chi connectivity index (χ1n) is 9.54. The van der Waals surface area contributed by atoms with Gasteiger partial charge in [0.05, 0.1) is 12.3 Å². The van der Waals surface area contributed by atoms with Crippen LogP contribution in [0.25, 0.3) is 0 Å². The number of furan rings is 1. The molecule has 0 aliphatic carbocycles. The van der Waals surface area contributed by atoms with Crippen molar-refractivity contribution in [2.45, 2.75) is 38.6 Å². The number of carbonyl (C=O) groups is 1. The first kappa shape index (κ1) is 22.7. The zero-order valence-electron chi connectivity index (χ0n) is 16.9. The van der Waals surface area contributed by atoms with E-state index < -0.39 is 0 Å². The summed E-state index contributed by atoms with van der Waals surface area (Å²) in [6.45, 7) is 4.92. The van der Waals surface area contributed by atoms with Gasteiger partial charge in [-0.05, 0) is 32.6 Å². The predicted octanol–water partition coefficient (Wildman–Crippen LogP) is 3.28. The van der Waals surface area contributed by atoms with Crippen molar-refractivity contribution in [3.8, 4) is 0 Å². The van der Waals surface area contributed by atoms with Crippen molar-refractivity contribution in [1.82, 2.24) is 24.1 Å². The van der Waals surface area contributed by atoms with Crippen LogP contribution >= 0.6 is 24.6 Å². The van der Waals surface area contributed by atoms with Gasteiger partial charge in [-0.2, -0.15) is 11.8 Å². The molecular weight excluding hydrogens is 394 g/mol. The largest absolute Gasteiger partial charge is 0.464 e. The number of aromatic nitrogens is 2. The lowest BCUT2D eigenvalue weighted by Gasteiger charge is -2.16. The number of aryl methyl sites for hydroxylation is 2. The van der Waals surface area contributed by atoms with E-state index >= 15 is 0 Å². The van der Waals surface area contributed by atoms with Crippen LogP contribution in [0.1, 0.15) is 30.7 Å². The summed E-state index contributed by atoms with van der Waals surface area (Å²) in [6, 6.07) is 3.88. The second-order valence-electron chi connectivity index (χ2n) is 6.76. The zero-order valence-corrected chi connectivity index (χ0v) is 18.6. The minimum Gasteiger partial charge on any atom is -0.464 e. The van der Waals surface area contributed by atoms with E-state index in [1.807, 2.05) is 38.6 Å². The highest BCUT2D eigenvalue weighted by Crippen LogP contribution is 2.16. The molecule has 0 bridgehead atoms. The Bertz CT molecular complexity index is 717. The summed E-state index contributed by atoms with van der Waals surface area (Å²) < 4.78 is 9.33. The van der Waals surface area contributed by atoms with Gasteiger partial charge in [0.2, 0.25) is 0 Å². The van der Waals surface area contributed by atoms with E-state index in [9.17, 15) is 4.79 Å². The molecule has 2 aromatic rings. The summed E-state index contributed by atoms with van der Waals surface area (Å²) in [7, 11) is 4.04. The molecule has 2 aromatic heterocycles. The van der Waals surface area contributed by atoms with Crippen molar-refractivity contribution in [3.63, 3.8) is 0 Å². The quantitative estimate of drug-likeness (QED) is 0.404. The highest BCUT2D eigenvalue weighted by Gasteiger charge is 2.09. The number of urea groups is 1. The number of nitrogens with one attached hydrogen (secondary N) is 1. The lowest BCUT2D eigenvalue weighted by atomic mass is 10.4. The lowest BCUT2D eigenvalue weighted by molar-refractivity contribution is 0.226. The summed E-state index contributed by atoms with van der Waals surface area (Å²) in [5.74, 6) is 4.64. The highest BCUT2D eigenvalue weighted by molar-refractivity contribution is 7.98. The molecule has 9 heteroatoms. The van der Waals surface area contributed by atoms with E-state index in [4.69, 9.17) is 4.42 Å². The fourth-order valence-electron chi connectivity index (χ4n) is 2.74. The fraction of sp³-hybridized carbons (Fsp3) is 0.579. The van der Waals surface area contributed by atoms with Crippen molar-refractivity contribution >= 4 is 30.6 Å². The molecule has 0 aromatic carbocycles. The Hall–Kier alpha value is -1.58. The SMILES string of the molecule is CCc1nccn1CCCN(S)C(=O)NCCSCc1ccc(CN(C)C)o1. The van der Waals surface area contributed by atoms with Crippen LogP contribution in [0.5, 0.6) is 0 Å². The van der Waals surface area contributed by atoms with Crippen LogP contribution in [0, 0.1) is 0 Å². The molecule has 2 heterocycles. The summed E-state index contributed by atoms with van der Waals surface area (Å²) >= 11 is 6.02. The monoisotopic (exact) mass is 425 g/mol. The third-order valence-corrected chi connectivity index (χ3v) is 5.44. The first-order chi connectivity index (χ1) is 13.5. The predicted molar refractivity (Wildman–Crippen MR) is 118 cm³/mol. The smallest absolute Gasteiger partial charge is 0.327 e. The van der Waals surface area contributed by atoms with Crippen molar-refractivity contribution in [3.05, 3.63) is 41.9 Å². The van der Waals surface area contributed by atoms with Gasteiger partial charge in [-0.25, -0.2) is 9.78 Å². The van der Waals surface area contributed by atoms with E-state index in [1.54, 1.807) is 11.8 Å². The molecular formula is C19H31N5O2S2. The van der Waals surface area contributed by atoms with E-state index in [0.717, 1.165) is 54.8 Å². The Morgan fingerprint density at radius 3 is 2.89 bits per heavy atom. The molecule has 0 saturated carbocycles. The second-order valence-corrected chi connectivity index (χ2v) is 8.35. The molecule has 7 nitrogen and oxygen atoms in total. The molecule has 0 spiro atoms. The highest BCUT2D eigenvalue weighted by atomic mass is 32.2. The van der Waals surface area contributed by atoms with Crippen LogP contribution in [-0.2, 0) is 25.3 Å². The number of hydrogen-bond donors (Lipinski definition) is 2. The first-order valence-corrected chi connectivity index (χ1v) is 11.1. The molecule has 0 atom stereocenters. The van der Waals surface area contributed by atoms with Gasteiger partial charge in [-0.1, -0.05) is 19.7 Å². The van der Waals surface area contributed by atoms with Crippen molar-refractivity contribution in [2.24, 2.45) is 0 Å². The third-order valence-electron chi connectivity index (χ3n) is 4.08. The lowest BCUT2D eigenvalue weighted by Crippen LogP contribution is -2.36. The number of nitrogens with zero attached hydrogens (tertiary/aromatic N) is 4. The van der Waals surface area contributed by atoms with E-state index in [0.29, 0.717) is 13.1 Å². The second kappa shape index (κ2) is 12.1. The van der Waals surface area contributed by atoms with E-state index in [-0.39, 0.29) is 6.03 Å². The molecule has 0 saturated heterocycles. The number of thioether (sulfide) groups is 1. The summed E-state index contributed by atoms with van der Waals surface area (Å²) in [5, 5.41) is 2.90. The normalized spacial score (nSPS) is 11.2. The van der Waals surface area contributed by atoms with E-state index in [1.165, 1.54) is 4.31 Å². The summed E-state index contributed by atoms with van der Waals surface area (Å²) in [6.07, 6.45) is 5.53. The molecule has 1 N–H and O–H groups in total. The average Bonchev–Trinajstić information content (AvgIpc) is 3.29. The fourth-order valence-corrected chi connectivity index (χ4v) is 3.70. The van der Waals surface area contributed by atoms with Gasteiger partial charge in [0.1, 0.15) is 17.3 Å². The molecule has 0 unspecified atom stereocenters. The third kappa shape index (κ3) is 7.81. The number of rotatable bonds is 12. The van der Waals surface area contributed by atoms with Crippen molar-refractivity contribution in [1.29, 1.82) is 0 Å². The molecule has 0 radical (unpaired) electrons. The minimum absolute atomic E-state index is 0.156. The van der Waals surface area contributed by atoms with Crippen LogP contribution in [0.2, 0.25) is 0 Å². The van der Waals surface area contributed by atoms with Gasteiger partial charge in [0.15, 0.2) is 0 Å². The zero-order chi connectivity index (χ0) is 20.4. The van der Waals surface area contributed by atoms with E-state index in [2.05, 4.69) is 39.5 Å². The van der Waals surface area contributed by atoms with Gasteiger partial charge >= 0.3 is 6.03 Å². The van der Waals surface area contributed by atoms with Crippen LogP contribution in [0.15, 0.2) is 28.9 Å². The Morgan fingerprint density at radius 1 is 1.36 bits per heavy atom. The van der Waals surface area contributed by atoms with Crippen LogP contribution in [0.3, 0.4) is 0 Å². The Morgan fingerprint density at radius 2 is 2.14 bits per heavy atom. The maximum atomic E-state index is 12.1. The number of amides is 2. The number of thiol groups is 1. The molecule has 2 amide bonds. The minimum atomic E-state index is -0.156. The molecule has 156 valence electrons. The number of hydrogen-bond acceptors (Lipinski definition) is 6. The maximum Gasteiger partial charge on any atom is 0.327 e. The molecule has 28 heavy (non-hydrogen) atoms. The van der Waals surface area contributed by atoms with Crippen LogP contribution in [-0.4, -0.2) is 57.7 Å². The van der Waals surface area contributed by atoms with Crippen molar-refractivity contribution in [2.75, 3.05) is 32.9 Å². The standard InChI is InChI=1S/C19H31N5O2S2/c1-4-18-20-8-12-23(18)10-5-11-24(27)19(25)21-9-13-28-15-17-7-6-16(26-17)14-22(2)3/h6-8,12,27H,4-5,9-11,13-15H2,1-3H3,(H,21,25). The molecule has 0 fully saturated rings. The topological polar surface area (TPSA) is 66.5 Å². The van der Waals surface area contributed by atoms with Gasteiger partial charge < -0.3 is 19.2 Å². The molecule has 2 rings (SSSR count). The van der Waals surface area contributed by atoms with Crippen LogP contribution in [0.4, 0.5) is 4.79 Å². The van der Waals surface area contributed by atoms with Gasteiger partial charge in [-0.3, -0.25) is 4.31 Å². The molecule has 0 aliphatic heterocycles. The van der Waals surface area contributed by atoms with Gasteiger partial charge in [0, 0.05) is 44.2 Å². The van der Waals surface area contributed by atoms with Crippen LogP contribution < -0.4 is 5.32 Å². The summed E-state index contributed by atoms with van der Waals surface area (Å²) in [5.41, 5.74) is 0. The number of carbonyl (C=O) groups excluding carboxylic acids is 1. The maximum absolute atomic E-state index is 12.1.